The molecule has 2 heterocycles. The molecule has 0 unspecified atom stereocenters. The van der Waals surface area contributed by atoms with Crippen molar-refractivity contribution in [2.75, 3.05) is 32.1 Å². The van der Waals surface area contributed by atoms with E-state index in [1.54, 1.807) is 11.2 Å². The number of nitrogens with zero attached hydrogens (tertiary/aromatic N) is 2. The van der Waals surface area contributed by atoms with Crippen LogP contribution in [-0.4, -0.2) is 43.9 Å². The summed E-state index contributed by atoms with van der Waals surface area (Å²) in [6.45, 7) is 2.96. The summed E-state index contributed by atoms with van der Waals surface area (Å²) in [7, 11) is 3.89. The molecule has 2 atom stereocenters. The predicted octanol–water partition coefficient (Wildman–Crippen LogP) is 2.61. The lowest BCUT2D eigenvalue weighted by Gasteiger charge is -2.23. The monoisotopic (exact) mass is 369 g/mol. The molecule has 1 aliphatic heterocycles. The molecule has 1 fully saturated rings. The summed E-state index contributed by atoms with van der Waals surface area (Å²) in [6.07, 6.45) is 2.84. The molecule has 144 valence electrons. The third-order valence-corrected chi connectivity index (χ3v) is 5.12. The van der Waals surface area contributed by atoms with Gasteiger partial charge in [-0.15, -0.1) is 0 Å². The SMILES string of the molecule is CCc1ccc(N2C[C@H](C(=O)NC[C@H](c3ccco3)N(C)C)CC2=O)cc1. The second-order valence-electron chi connectivity index (χ2n) is 7.17. The number of likely N-dealkylation sites (N-methyl/N-ethyl adjacent to an activating group) is 1. The Balaban J connectivity index is 1.60. The molecule has 0 aliphatic carbocycles. The maximum absolute atomic E-state index is 12.6. The molecule has 6 heteroatoms. The molecule has 1 aliphatic rings. The number of anilines is 1. The molecule has 2 amide bonds. The van der Waals surface area contributed by atoms with Crippen molar-refractivity contribution in [3.05, 3.63) is 54.0 Å². The average molecular weight is 369 g/mol. The zero-order valence-electron chi connectivity index (χ0n) is 16.1. The van der Waals surface area contributed by atoms with E-state index < -0.39 is 0 Å². The van der Waals surface area contributed by atoms with Gasteiger partial charge in [-0.2, -0.15) is 0 Å². The van der Waals surface area contributed by atoms with Crippen LogP contribution in [0, 0.1) is 5.92 Å². The molecular weight excluding hydrogens is 342 g/mol. The van der Waals surface area contributed by atoms with Crippen molar-refractivity contribution in [2.24, 2.45) is 5.92 Å². The van der Waals surface area contributed by atoms with E-state index >= 15 is 0 Å². The average Bonchev–Trinajstić information content (AvgIpc) is 3.31. The van der Waals surface area contributed by atoms with Crippen LogP contribution in [-0.2, 0) is 16.0 Å². The highest BCUT2D eigenvalue weighted by Crippen LogP contribution is 2.26. The number of benzene rings is 1. The van der Waals surface area contributed by atoms with E-state index in [9.17, 15) is 9.59 Å². The standard InChI is InChI=1S/C21H27N3O3/c1-4-15-7-9-17(10-8-15)24-14-16(12-20(24)25)21(26)22-13-18(23(2)3)19-6-5-11-27-19/h5-11,16,18H,4,12-14H2,1-3H3,(H,22,26)/t16-,18-/m1/s1. The van der Waals surface area contributed by atoms with Crippen molar-refractivity contribution in [2.45, 2.75) is 25.8 Å². The van der Waals surface area contributed by atoms with Crippen molar-refractivity contribution < 1.29 is 14.0 Å². The number of furan rings is 1. The van der Waals surface area contributed by atoms with Crippen LogP contribution >= 0.6 is 0 Å². The van der Waals surface area contributed by atoms with E-state index in [4.69, 9.17) is 4.42 Å². The first-order chi connectivity index (χ1) is 13.0. The number of carbonyl (C=O) groups excluding carboxylic acids is 2. The fourth-order valence-corrected chi connectivity index (χ4v) is 3.40. The van der Waals surface area contributed by atoms with Crippen LogP contribution in [0.3, 0.4) is 0 Å². The van der Waals surface area contributed by atoms with Gasteiger partial charge in [-0.3, -0.25) is 14.5 Å². The van der Waals surface area contributed by atoms with Gasteiger partial charge in [-0.25, -0.2) is 0 Å². The first-order valence-electron chi connectivity index (χ1n) is 9.36. The van der Waals surface area contributed by atoms with Gasteiger partial charge in [0.1, 0.15) is 5.76 Å². The molecule has 1 aromatic heterocycles. The van der Waals surface area contributed by atoms with Gasteiger partial charge < -0.3 is 14.6 Å². The van der Waals surface area contributed by atoms with Gasteiger partial charge in [0.25, 0.3) is 0 Å². The quantitative estimate of drug-likeness (QED) is 0.815. The van der Waals surface area contributed by atoms with E-state index in [-0.39, 0.29) is 30.2 Å². The van der Waals surface area contributed by atoms with Crippen molar-refractivity contribution in [3.63, 3.8) is 0 Å². The Morgan fingerprint density at radius 1 is 1.30 bits per heavy atom. The molecule has 0 bridgehead atoms. The van der Waals surface area contributed by atoms with Crippen molar-refractivity contribution >= 4 is 17.5 Å². The topological polar surface area (TPSA) is 65.8 Å². The Kier molecular flexibility index (Phi) is 5.96. The normalized spacial score (nSPS) is 18.1. The molecule has 3 rings (SSSR count). The molecule has 0 spiro atoms. The lowest BCUT2D eigenvalue weighted by molar-refractivity contribution is -0.126. The minimum absolute atomic E-state index is 0.00501. The highest BCUT2D eigenvalue weighted by Gasteiger charge is 2.35. The van der Waals surface area contributed by atoms with Gasteiger partial charge in [-0.05, 0) is 50.3 Å². The fraction of sp³-hybridized carbons (Fsp3) is 0.429. The summed E-state index contributed by atoms with van der Waals surface area (Å²) in [5.74, 6) is 0.382. The van der Waals surface area contributed by atoms with Crippen molar-refractivity contribution in [1.82, 2.24) is 10.2 Å². The van der Waals surface area contributed by atoms with Gasteiger partial charge >= 0.3 is 0 Å². The first-order valence-corrected chi connectivity index (χ1v) is 9.36. The number of hydrogen-bond donors (Lipinski definition) is 1. The largest absolute Gasteiger partial charge is 0.468 e. The summed E-state index contributed by atoms with van der Waals surface area (Å²) in [6, 6.07) is 11.7. The zero-order chi connectivity index (χ0) is 19.4. The third-order valence-electron chi connectivity index (χ3n) is 5.12. The lowest BCUT2D eigenvalue weighted by Crippen LogP contribution is -2.38. The highest BCUT2D eigenvalue weighted by molar-refractivity contribution is 6.00. The minimum Gasteiger partial charge on any atom is -0.468 e. The van der Waals surface area contributed by atoms with Crippen LogP contribution in [0.2, 0.25) is 0 Å². The number of rotatable bonds is 7. The van der Waals surface area contributed by atoms with Crippen LogP contribution in [0.4, 0.5) is 5.69 Å². The van der Waals surface area contributed by atoms with Gasteiger partial charge in [0, 0.05) is 25.2 Å². The maximum Gasteiger partial charge on any atom is 0.227 e. The second kappa shape index (κ2) is 8.39. The molecule has 27 heavy (non-hydrogen) atoms. The molecule has 2 aromatic rings. The minimum atomic E-state index is -0.331. The Bertz CT molecular complexity index is 768. The third kappa shape index (κ3) is 4.39. The molecule has 1 N–H and O–H groups in total. The van der Waals surface area contributed by atoms with E-state index in [1.165, 1.54) is 5.56 Å². The van der Waals surface area contributed by atoms with Crippen LogP contribution in [0.25, 0.3) is 0 Å². The Labute approximate surface area is 160 Å². The number of nitrogens with one attached hydrogen (secondary N) is 1. The maximum atomic E-state index is 12.6. The second-order valence-corrected chi connectivity index (χ2v) is 7.17. The van der Waals surface area contributed by atoms with Gasteiger partial charge in [0.2, 0.25) is 11.8 Å². The van der Waals surface area contributed by atoms with E-state index in [0.29, 0.717) is 13.1 Å². The number of amides is 2. The summed E-state index contributed by atoms with van der Waals surface area (Å²) in [5.41, 5.74) is 2.08. The number of aryl methyl sites for hydroxylation is 1. The van der Waals surface area contributed by atoms with E-state index in [2.05, 4.69) is 12.2 Å². The summed E-state index contributed by atoms with van der Waals surface area (Å²) >= 11 is 0. The number of carbonyl (C=O) groups is 2. The Hall–Kier alpha value is -2.60. The number of hydrogen-bond acceptors (Lipinski definition) is 4. The summed E-state index contributed by atoms with van der Waals surface area (Å²) in [4.78, 5) is 28.7. The highest BCUT2D eigenvalue weighted by atomic mass is 16.3. The first kappa shape index (κ1) is 19.2. The van der Waals surface area contributed by atoms with Gasteiger partial charge in [-0.1, -0.05) is 19.1 Å². The van der Waals surface area contributed by atoms with Crippen molar-refractivity contribution in [3.8, 4) is 0 Å². The fourth-order valence-electron chi connectivity index (χ4n) is 3.40. The van der Waals surface area contributed by atoms with Crippen molar-refractivity contribution in [1.29, 1.82) is 0 Å². The van der Waals surface area contributed by atoms with Gasteiger partial charge in [0.15, 0.2) is 0 Å². The smallest absolute Gasteiger partial charge is 0.227 e. The van der Waals surface area contributed by atoms with Crippen LogP contribution in [0.5, 0.6) is 0 Å². The van der Waals surface area contributed by atoms with Crippen LogP contribution < -0.4 is 10.2 Å². The van der Waals surface area contributed by atoms with Crippen LogP contribution in [0.1, 0.15) is 30.7 Å². The molecular formula is C21H27N3O3. The predicted molar refractivity (Wildman–Crippen MR) is 104 cm³/mol. The Morgan fingerprint density at radius 3 is 2.63 bits per heavy atom. The lowest BCUT2D eigenvalue weighted by atomic mass is 10.1. The molecule has 0 radical (unpaired) electrons. The zero-order valence-corrected chi connectivity index (χ0v) is 16.1. The molecule has 6 nitrogen and oxygen atoms in total. The van der Waals surface area contributed by atoms with Crippen LogP contribution in [0.15, 0.2) is 47.1 Å². The van der Waals surface area contributed by atoms with Gasteiger partial charge in [0.05, 0.1) is 18.2 Å². The summed E-state index contributed by atoms with van der Waals surface area (Å²) in [5, 5.41) is 2.99. The summed E-state index contributed by atoms with van der Waals surface area (Å²) < 4.78 is 5.47. The van der Waals surface area contributed by atoms with E-state index in [1.807, 2.05) is 55.4 Å². The van der Waals surface area contributed by atoms with E-state index in [0.717, 1.165) is 17.9 Å². The Morgan fingerprint density at radius 2 is 2.04 bits per heavy atom. The molecule has 1 aromatic carbocycles. The molecule has 1 saturated heterocycles. The molecule has 0 saturated carbocycles.